The highest BCUT2D eigenvalue weighted by Crippen LogP contribution is 2.34. The number of nitrogens with zero attached hydrogens (tertiary/aromatic N) is 7. The van der Waals surface area contributed by atoms with Crippen LogP contribution in [0, 0.1) is 6.92 Å². The van der Waals surface area contributed by atoms with Crippen LogP contribution in [0.4, 0.5) is 5.13 Å². The van der Waals surface area contributed by atoms with E-state index in [0.717, 1.165) is 42.8 Å². The maximum atomic E-state index is 4.62. The van der Waals surface area contributed by atoms with Gasteiger partial charge in [0, 0.05) is 31.1 Å². The average Bonchev–Trinajstić information content (AvgIpc) is 3.09. The third-order valence-corrected chi connectivity index (χ3v) is 5.38. The molecule has 3 heterocycles. The van der Waals surface area contributed by atoms with Gasteiger partial charge in [0.15, 0.2) is 11.0 Å². The lowest BCUT2D eigenvalue weighted by molar-refractivity contribution is 0.212. The number of piperazine rings is 1. The Hall–Kier alpha value is -1.54. The van der Waals surface area contributed by atoms with Crippen LogP contribution in [0.15, 0.2) is 5.38 Å². The lowest BCUT2D eigenvalue weighted by atomic mass is 10.2. The van der Waals surface area contributed by atoms with Gasteiger partial charge in [-0.15, -0.1) is 16.4 Å². The molecule has 22 heavy (non-hydrogen) atoms. The number of tetrazole rings is 1. The molecule has 1 aliphatic heterocycles. The topological polar surface area (TPSA) is 63.0 Å². The number of thiazole rings is 1. The average molecular weight is 319 g/mol. The highest BCUT2D eigenvalue weighted by atomic mass is 32.1. The molecule has 0 radical (unpaired) electrons. The molecule has 1 aliphatic carbocycles. The monoisotopic (exact) mass is 319 g/mol. The summed E-state index contributed by atoms with van der Waals surface area (Å²) in [6.07, 6.45) is 2.43. The van der Waals surface area contributed by atoms with Gasteiger partial charge in [-0.3, -0.25) is 4.90 Å². The van der Waals surface area contributed by atoms with Crippen LogP contribution in [-0.4, -0.2) is 55.8 Å². The molecule has 2 aromatic rings. The second kappa shape index (κ2) is 5.58. The fourth-order valence-corrected chi connectivity index (χ4v) is 3.99. The van der Waals surface area contributed by atoms with Crippen LogP contribution < -0.4 is 4.90 Å². The number of hydrogen-bond acceptors (Lipinski definition) is 7. The third kappa shape index (κ3) is 2.72. The summed E-state index contributed by atoms with van der Waals surface area (Å²) < 4.78 is 2.02. The highest BCUT2D eigenvalue weighted by Gasteiger charge is 2.30. The zero-order valence-corrected chi connectivity index (χ0v) is 13.8. The summed E-state index contributed by atoms with van der Waals surface area (Å²) in [6, 6.07) is 1.01. The lowest BCUT2D eigenvalue weighted by Gasteiger charge is -2.39. The van der Waals surface area contributed by atoms with Crippen LogP contribution >= 0.6 is 11.3 Å². The molecule has 118 valence electrons. The van der Waals surface area contributed by atoms with Crippen molar-refractivity contribution >= 4 is 16.5 Å². The van der Waals surface area contributed by atoms with E-state index in [1.54, 1.807) is 11.3 Å². The van der Waals surface area contributed by atoms with Gasteiger partial charge in [0.05, 0.1) is 18.3 Å². The van der Waals surface area contributed by atoms with Crippen LogP contribution in [-0.2, 0) is 6.54 Å². The first-order chi connectivity index (χ1) is 10.7. The van der Waals surface area contributed by atoms with E-state index >= 15 is 0 Å². The standard InChI is InChI=1S/C14H21N7S/c1-10-9-22-14(15-10)20-6-5-19(7-11(20)2)8-13-16-17-18-21(13)12-3-4-12/h9,11-12H,3-8H2,1-2H3/t11-/m0/s1. The van der Waals surface area contributed by atoms with E-state index in [9.17, 15) is 0 Å². The van der Waals surface area contributed by atoms with Gasteiger partial charge in [0.2, 0.25) is 0 Å². The second-order valence-corrected chi connectivity index (χ2v) is 7.16. The maximum Gasteiger partial charge on any atom is 0.185 e. The SMILES string of the molecule is Cc1csc(N2CCN(Cc3nnnn3C3CC3)C[C@@H]2C)n1. The van der Waals surface area contributed by atoms with Crippen LogP contribution in [0.2, 0.25) is 0 Å². The molecule has 0 unspecified atom stereocenters. The second-order valence-electron chi connectivity index (χ2n) is 6.32. The Morgan fingerprint density at radius 2 is 2.18 bits per heavy atom. The normalized spacial score (nSPS) is 23.2. The Kier molecular flexibility index (Phi) is 3.57. The molecule has 0 N–H and O–H groups in total. The van der Waals surface area contributed by atoms with Gasteiger partial charge < -0.3 is 4.90 Å². The number of aromatic nitrogens is 5. The Bertz CT molecular complexity index is 647. The fraction of sp³-hybridized carbons (Fsp3) is 0.714. The van der Waals surface area contributed by atoms with Gasteiger partial charge in [-0.05, 0) is 37.1 Å². The molecule has 2 aliphatic rings. The van der Waals surface area contributed by atoms with E-state index < -0.39 is 0 Å². The van der Waals surface area contributed by atoms with E-state index in [1.807, 2.05) is 4.68 Å². The molecule has 7 nitrogen and oxygen atoms in total. The van der Waals surface area contributed by atoms with Crippen molar-refractivity contribution in [2.24, 2.45) is 0 Å². The van der Waals surface area contributed by atoms with E-state index in [-0.39, 0.29) is 0 Å². The predicted molar refractivity (Wildman–Crippen MR) is 85.0 cm³/mol. The van der Waals surface area contributed by atoms with Gasteiger partial charge in [-0.1, -0.05) is 0 Å². The van der Waals surface area contributed by atoms with Crippen molar-refractivity contribution < 1.29 is 0 Å². The van der Waals surface area contributed by atoms with E-state index in [4.69, 9.17) is 0 Å². The zero-order valence-electron chi connectivity index (χ0n) is 13.0. The molecular weight excluding hydrogens is 298 g/mol. The summed E-state index contributed by atoms with van der Waals surface area (Å²) in [4.78, 5) is 9.49. The molecule has 0 aromatic carbocycles. The summed E-state index contributed by atoms with van der Waals surface area (Å²) in [5, 5.41) is 15.5. The minimum atomic E-state index is 0.463. The smallest absolute Gasteiger partial charge is 0.185 e. The fourth-order valence-electron chi connectivity index (χ4n) is 3.05. The van der Waals surface area contributed by atoms with Gasteiger partial charge in [0.25, 0.3) is 0 Å². The maximum absolute atomic E-state index is 4.62. The van der Waals surface area contributed by atoms with Crippen molar-refractivity contribution in [1.82, 2.24) is 30.1 Å². The first-order valence-electron chi connectivity index (χ1n) is 7.88. The Morgan fingerprint density at radius 3 is 2.86 bits per heavy atom. The Labute approximate surface area is 133 Å². The molecule has 2 aromatic heterocycles. The molecule has 4 rings (SSSR count). The molecule has 0 amide bonds. The Morgan fingerprint density at radius 1 is 1.32 bits per heavy atom. The van der Waals surface area contributed by atoms with E-state index in [0.29, 0.717) is 12.1 Å². The molecule has 2 fully saturated rings. The van der Waals surface area contributed by atoms with Crippen molar-refractivity contribution in [2.45, 2.75) is 45.3 Å². The van der Waals surface area contributed by atoms with Gasteiger partial charge in [0.1, 0.15) is 0 Å². The van der Waals surface area contributed by atoms with E-state index in [2.05, 4.69) is 49.5 Å². The summed E-state index contributed by atoms with van der Waals surface area (Å²) in [5.41, 5.74) is 1.11. The van der Waals surface area contributed by atoms with Crippen molar-refractivity contribution in [2.75, 3.05) is 24.5 Å². The van der Waals surface area contributed by atoms with Crippen LogP contribution in [0.5, 0.6) is 0 Å². The van der Waals surface area contributed by atoms with Crippen LogP contribution in [0.1, 0.15) is 37.3 Å². The Balaban J connectivity index is 1.41. The predicted octanol–water partition coefficient (Wildman–Crippen LogP) is 1.48. The first-order valence-corrected chi connectivity index (χ1v) is 8.76. The molecule has 1 saturated heterocycles. The molecule has 0 spiro atoms. The molecule has 1 saturated carbocycles. The quantitative estimate of drug-likeness (QED) is 0.851. The zero-order chi connectivity index (χ0) is 15.1. The molecule has 1 atom stereocenters. The van der Waals surface area contributed by atoms with Crippen molar-refractivity contribution in [3.63, 3.8) is 0 Å². The molecule has 8 heteroatoms. The summed E-state index contributed by atoms with van der Waals surface area (Å²) >= 11 is 1.74. The number of anilines is 1. The first kappa shape index (κ1) is 14.1. The largest absolute Gasteiger partial charge is 0.343 e. The summed E-state index contributed by atoms with van der Waals surface area (Å²) in [7, 11) is 0. The summed E-state index contributed by atoms with van der Waals surface area (Å²) in [5.74, 6) is 1.01. The van der Waals surface area contributed by atoms with E-state index in [1.165, 1.54) is 12.8 Å². The van der Waals surface area contributed by atoms with Crippen molar-refractivity contribution in [1.29, 1.82) is 0 Å². The van der Waals surface area contributed by atoms with Gasteiger partial charge >= 0.3 is 0 Å². The van der Waals surface area contributed by atoms with Gasteiger partial charge in [-0.2, -0.15) is 0 Å². The third-order valence-electron chi connectivity index (χ3n) is 4.38. The number of rotatable bonds is 4. The molecular formula is C14H21N7S. The highest BCUT2D eigenvalue weighted by molar-refractivity contribution is 7.13. The minimum Gasteiger partial charge on any atom is -0.343 e. The van der Waals surface area contributed by atoms with Crippen LogP contribution in [0.25, 0.3) is 0 Å². The van der Waals surface area contributed by atoms with Crippen LogP contribution in [0.3, 0.4) is 0 Å². The summed E-state index contributed by atoms with van der Waals surface area (Å²) in [6.45, 7) is 8.24. The van der Waals surface area contributed by atoms with Crippen molar-refractivity contribution in [3.05, 3.63) is 16.9 Å². The number of hydrogen-bond donors (Lipinski definition) is 0. The number of aryl methyl sites for hydroxylation is 1. The molecule has 0 bridgehead atoms. The lowest BCUT2D eigenvalue weighted by Crippen LogP contribution is -2.51. The van der Waals surface area contributed by atoms with Crippen molar-refractivity contribution in [3.8, 4) is 0 Å². The van der Waals surface area contributed by atoms with Gasteiger partial charge in [-0.25, -0.2) is 9.67 Å². The minimum absolute atomic E-state index is 0.463.